The monoisotopic (exact) mass is 280 g/mol. The van der Waals surface area contributed by atoms with E-state index in [4.69, 9.17) is 4.74 Å². The fourth-order valence-corrected chi connectivity index (χ4v) is 2.26. The number of ether oxygens (including phenoxy) is 1. The summed E-state index contributed by atoms with van der Waals surface area (Å²) in [5, 5.41) is 2.68. The minimum Gasteiger partial charge on any atom is -0.469 e. The summed E-state index contributed by atoms with van der Waals surface area (Å²) >= 11 is 0. The van der Waals surface area contributed by atoms with E-state index in [0.29, 0.717) is 18.8 Å². The maximum absolute atomic E-state index is 12.8. The zero-order chi connectivity index (χ0) is 14.5. The normalized spacial score (nSPS) is 18.5. The van der Waals surface area contributed by atoms with Crippen LogP contribution in [0.3, 0.4) is 0 Å². The summed E-state index contributed by atoms with van der Waals surface area (Å²) in [6, 6.07) is 5.26. The third kappa shape index (κ3) is 3.46. The van der Waals surface area contributed by atoms with Crippen LogP contribution in [0.4, 0.5) is 14.9 Å². The third-order valence-corrected chi connectivity index (χ3v) is 3.34. The molecule has 0 aromatic heterocycles. The number of hydrogen-bond donors (Lipinski definition) is 1. The second-order valence-electron chi connectivity index (χ2n) is 4.75. The minimum absolute atomic E-state index is 0.271. The van der Waals surface area contributed by atoms with Crippen molar-refractivity contribution in [2.75, 3.05) is 25.5 Å². The zero-order valence-electron chi connectivity index (χ0n) is 11.3. The van der Waals surface area contributed by atoms with Gasteiger partial charge in [0.05, 0.1) is 13.0 Å². The number of carbonyl (C=O) groups is 2. The summed E-state index contributed by atoms with van der Waals surface area (Å²) in [5.74, 6) is -0.913. The standard InChI is InChI=1S/C14H17FN2O3/c1-20-13(18)10-3-2-8-17(9-10)14(19)16-12-6-4-11(15)5-7-12/h4-7,10H,2-3,8-9H2,1H3,(H,16,19). The number of esters is 1. The molecule has 5 nitrogen and oxygen atoms in total. The van der Waals surface area contributed by atoms with Gasteiger partial charge in [0.1, 0.15) is 5.82 Å². The lowest BCUT2D eigenvalue weighted by molar-refractivity contribution is -0.146. The van der Waals surface area contributed by atoms with Crippen LogP contribution < -0.4 is 5.32 Å². The third-order valence-electron chi connectivity index (χ3n) is 3.34. The van der Waals surface area contributed by atoms with Gasteiger partial charge in [0, 0.05) is 18.8 Å². The largest absolute Gasteiger partial charge is 0.469 e. The second kappa shape index (κ2) is 6.36. The molecule has 108 valence electrons. The van der Waals surface area contributed by atoms with Gasteiger partial charge in [0.25, 0.3) is 0 Å². The number of piperidine rings is 1. The number of anilines is 1. The van der Waals surface area contributed by atoms with Gasteiger partial charge in [-0.1, -0.05) is 0 Å². The molecule has 1 atom stereocenters. The first-order chi connectivity index (χ1) is 9.60. The molecular formula is C14H17FN2O3. The second-order valence-corrected chi connectivity index (χ2v) is 4.75. The van der Waals surface area contributed by atoms with E-state index in [9.17, 15) is 14.0 Å². The predicted molar refractivity (Wildman–Crippen MR) is 71.7 cm³/mol. The Morgan fingerprint density at radius 2 is 2.05 bits per heavy atom. The number of rotatable bonds is 2. The average Bonchev–Trinajstić information content (AvgIpc) is 2.49. The molecule has 1 aliphatic rings. The van der Waals surface area contributed by atoms with E-state index in [1.807, 2.05) is 0 Å². The summed E-state index contributed by atoms with van der Waals surface area (Å²) in [4.78, 5) is 25.2. The number of halogens is 1. The number of hydrogen-bond acceptors (Lipinski definition) is 3. The van der Waals surface area contributed by atoms with Crippen LogP contribution in [0.25, 0.3) is 0 Å². The lowest BCUT2D eigenvalue weighted by atomic mass is 9.98. The molecule has 0 spiro atoms. The number of methoxy groups -OCH3 is 1. The highest BCUT2D eigenvalue weighted by Gasteiger charge is 2.28. The first-order valence-electron chi connectivity index (χ1n) is 6.49. The van der Waals surface area contributed by atoms with Gasteiger partial charge in [-0.3, -0.25) is 4.79 Å². The van der Waals surface area contributed by atoms with Gasteiger partial charge in [-0.2, -0.15) is 0 Å². The Labute approximate surface area is 116 Å². The van der Waals surface area contributed by atoms with Crippen LogP contribution in [0.5, 0.6) is 0 Å². The van der Waals surface area contributed by atoms with E-state index in [1.165, 1.54) is 31.4 Å². The molecule has 2 rings (SSSR count). The van der Waals surface area contributed by atoms with Crippen molar-refractivity contribution < 1.29 is 18.7 Å². The molecule has 0 bridgehead atoms. The number of nitrogens with one attached hydrogen (secondary N) is 1. The first kappa shape index (κ1) is 14.3. The van der Waals surface area contributed by atoms with Crippen molar-refractivity contribution in [2.24, 2.45) is 5.92 Å². The molecule has 1 aromatic carbocycles. The van der Waals surface area contributed by atoms with Crippen molar-refractivity contribution in [3.05, 3.63) is 30.1 Å². The molecular weight excluding hydrogens is 263 g/mol. The molecule has 1 aliphatic heterocycles. The molecule has 1 unspecified atom stereocenters. The van der Waals surface area contributed by atoms with Gasteiger partial charge in [-0.25, -0.2) is 9.18 Å². The number of likely N-dealkylation sites (tertiary alicyclic amines) is 1. The molecule has 0 radical (unpaired) electrons. The van der Waals surface area contributed by atoms with Crippen LogP contribution in [-0.4, -0.2) is 37.1 Å². The summed E-state index contributed by atoms with van der Waals surface area (Å²) < 4.78 is 17.5. The van der Waals surface area contributed by atoms with Crippen molar-refractivity contribution >= 4 is 17.7 Å². The maximum atomic E-state index is 12.8. The highest BCUT2D eigenvalue weighted by Crippen LogP contribution is 2.19. The van der Waals surface area contributed by atoms with Gasteiger partial charge in [-0.05, 0) is 37.1 Å². The van der Waals surface area contributed by atoms with Crippen molar-refractivity contribution in [3.8, 4) is 0 Å². The van der Waals surface area contributed by atoms with Gasteiger partial charge in [0.2, 0.25) is 0 Å². The van der Waals surface area contributed by atoms with Crippen molar-refractivity contribution in [1.29, 1.82) is 0 Å². The average molecular weight is 280 g/mol. The molecule has 1 aromatic rings. The van der Waals surface area contributed by atoms with Gasteiger partial charge in [-0.15, -0.1) is 0 Å². The highest BCUT2D eigenvalue weighted by atomic mass is 19.1. The smallest absolute Gasteiger partial charge is 0.321 e. The van der Waals surface area contributed by atoms with E-state index < -0.39 is 0 Å². The Morgan fingerprint density at radius 3 is 2.70 bits per heavy atom. The number of urea groups is 1. The summed E-state index contributed by atoms with van der Waals surface area (Å²) in [5.41, 5.74) is 0.525. The van der Waals surface area contributed by atoms with Crippen LogP contribution in [0, 0.1) is 11.7 Å². The molecule has 1 N–H and O–H groups in total. The zero-order valence-corrected chi connectivity index (χ0v) is 11.3. The van der Waals surface area contributed by atoms with Crippen LogP contribution in [-0.2, 0) is 9.53 Å². The number of nitrogens with zero attached hydrogens (tertiary/aromatic N) is 1. The number of benzene rings is 1. The predicted octanol–water partition coefficient (Wildman–Crippen LogP) is 2.24. The van der Waals surface area contributed by atoms with E-state index >= 15 is 0 Å². The summed E-state index contributed by atoms with van der Waals surface area (Å²) in [6.45, 7) is 0.945. The van der Waals surface area contributed by atoms with Gasteiger partial charge in [0.15, 0.2) is 0 Å². The van der Waals surface area contributed by atoms with Crippen molar-refractivity contribution in [3.63, 3.8) is 0 Å². The Balaban J connectivity index is 1.95. The Bertz CT molecular complexity index is 490. The highest BCUT2D eigenvalue weighted by molar-refractivity contribution is 5.89. The Hall–Kier alpha value is -2.11. The minimum atomic E-state index is -0.355. The molecule has 2 amide bonds. The fraction of sp³-hybridized carbons (Fsp3) is 0.429. The van der Waals surface area contributed by atoms with Crippen molar-refractivity contribution in [1.82, 2.24) is 4.90 Å². The number of amides is 2. The SMILES string of the molecule is COC(=O)C1CCCN(C(=O)Nc2ccc(F)cc2)C1. The lowest BCUT2D eigenvalue weighted by Gasteiger charge is -2.31. The quantitative estimate of drug-likeness (QED) is 0.845. The maximum Gasteiger partial charge on any atom is 0.321 e. The van der Waals surface area contributed by atoms with E-state index in [2.05, 4.69) is 5.32 Å². The van der Waals surface area contributed by atoms with E-state index in [1.54, 1.807) is 4.90 Å². The van der Waals surface area contributed by atoms with Gasteiger partial charge >= 0.3 is 12.0 Å². The van der Waals surface area contributed by atoms with Gasteiger partial charge < -0.3 is 15.0 Å². The molecule has 1 fully saturated rings. The topological polar surface area (TPSA) is 58.6 Å². The Morgan fingerprint density at radius 1 is 1.35 bits per heavy atom. The summed E-state index contributed by atoms with van der Waals surface area (Å²) in [7, 11) is 1.35. The van der Waals surface area contributed by atoms with Crippen LogP contribution in [0.2, 0.25) is 0 Å². The van der Waals surface area contributed by atoms with Crippen LogP contribution in [0.1, 0.15) is 12.8 Å². The molecule has 1 heterocycles. The molecule has 6 heteroatoms. The molecule has 0 aliphatic carbocycles. The molecule has 20 heavy (non-hydrogen) atoms. The summed E-state index contributed by atoms with van der Waals surface area (Å²) in [6.07, 6.45) is 1.49. The lowest BCUT2D eigenvalue weighted by Crippen LogP contribution is -2.44. The number of carbonyl (C=O) groups excluding carboxylic acids is 2. The van der Waals surface area contributed by atoms with E-state index in [0.717, 1.165) is 12.8 Å². The van der Waals surface area contributed by atoms with Crippen molar-refractivity contribution in [2.45, 2.75) is 12.8 Å². The Kier molecular flexibility index (Phi) is 4.55. The van der Waals surface area contributed by atoms with Crippen LogP contribution >= 0.6 is 0 Å². The van der Waals surface area contributed by atoms with E-state index in [-0.39, 0.29) is 23.7 Å². The molecule has 0 saturated carbocycles. The fourth-order valence-electron chi connectivity index (χ4n) is 2.26. The first-order valence-corrected chi connectivity index (χ1v) is 6.49. The van der Waals surface area contributed by atoms with Crippen LogP contribution in [0.15, 0.2) is 24.3 Å². The molecule has 1 saturated heterocycles.